The molecule has 1 aromatic carbocycles. The van der Waals surface area contributed by atoms with E-state index in [1.165, 1.54) is 16.7 Å². The number of fused-ring (bicyclic) bond motifs is 1. The van der Waals surface area contributed by atoms with Crippen LogP contribution in [-0.2, 0) is 4.79 Å². The molecule has 2 rings (SSSR count). The third-order valence-electron chi connectivity index (χ3n) is 3.79. The number of nitrogens with one attached hydrogen (secondary N) is 1. The van der Waals surface area contributed by atoms with Crippen LogP contribution in [-0.4, -0.2) is 26.5 Å². The van der Waals surface area contributed by atoms with Gasteiger partial charge >= 0.3 is 0 Å². The summed E-state index contributed by atoms with van der Waals surface area (Å²) in [6.07, 6.45) is 1.65. The maximum atomic E-state index is 12.1. The Kier molecular flexibility index (Phi) is 3.71. The highest BCUT2D eigenvalue weighted by atomic mass is 16.2. The largest absolute Gasteiger partial charge is 0.320 e. The number of rotatable bonds is 3. The molecule has 0 aliphatic carbocycles. The zero-order valence-corrected chi connectivity index (χ0v) is 11.7. The summed E-state index contributed by atoms with van der Waals surface area (Å²) in [6, 6.07) is 4.40. The molecule has 18 heavy (non-hydrogen) atoms. The second kappa shape index (κ2) is 5.11. The van der Waals surface area contributed by atoms with Gasteiger partial charge in [-0.15, -0.1) is 0 Å². The van der Waals surface area contributed by atoms with Crippen LogP contribution in [0, 0.1) is 13.8 Å². The van der Waals surface area contributed by atoms with Gasteiger partial charge in [-0.3, -0.25) is 4.79 Å². The molecule has 1 N–H and O–H groups in total. The van der Waals surface area contributed by atoms with Crippen molar-refractivity contribution in [3.8, 4) is 0 Å². The lowest BCUT2D eigenvalue weighted by Gasteiger charge is -2.33. The Balaban J connectivity index is 2.45. The number of anilines is 1. The lowest BCUT2D eigenvalue weighted by atomic mass is 9.84. The minimum atomic E-state index is 0.232. The van der Waals surface area contributed by atoms with Crippen LogP contribution < -0.4 is 10.2 Å². The van der Waals surface area contributed by atoms with E-state index in [1.807, 2.05) is 19.0 Å². The zero-order valence-electron chi connectivity index (χ0n) is 11.7. The molecule has 0 radical (unpaired) electrons. The van der Waals surface area contributed by atoms with Crippen molar-refractivity contribution < 1.29 is 4.79 Å². The van der Waals surface area contributed by atoms with E-state index in [1.54, 1.807) is 0 Å². The summed E-state index contributed by atoms with van der Waals surface area (Å²) in [5.74, 6) is 0.588. The average molecular weight is 246 g/mol. The van der Waals surface area contributed by atoms with E-state index in [2.05, 4.69) is 31.3 Å². The molecule has 0 saturated carbocycles. The van der Waals surface area contributed by atoms with Crippen molar-refractivity contribution in [2.45, 2.75) is 32.6 Å². The van der Waals surface area contributed by atoms with Crippen LogP contribution in [0.25, 0.3) is 0 Å². The first-order valence-corrected chi connectivity index (χ1v) is 6.57. The molecule has 0 saturated heterocycles. The molecule has 1 aliphatic rings. The fourth-order valence-corrected chi connectivity index (χ4v) is 2.92. The molecule has 3 nitrogen and oxygen atoms in total. The molecule has 1 aliphatic heterocycles. The van der Waals surface area contributed by atoms with Crippen LogP contribution >= 0.6 is 0 Å². The summed E-state index contributed by atoms with van der Waals surface area (Å²) < 4.78 is 0. The second-order valence-electron chi connectivity index (χ2n) is 5.27. The summed E-state index contributed by atoms with van der Waals surface area (Å²) in [6.45, 7) is 5.17. The highest BCUT2D eigenvalue weighted by Crippen LogP contribution is 2.39. The Hall–Kier alpha value is -1.35. The lowest BCUT2D eigenvalue weighted by molar-refractivity contribution is -0.119. The van der Waals surface area contributed by atoms with Gasteiger partial charge in [0.05, 0.1) is 0 Å². The Morgan fingerprint density at radius 2 is 2.11 bits per heavy atom. The monoisotopic (exact) mass is 246 g/mol. The van der Waals surface area contributed by atoms with Crippen LogP contribution in [0.3, 0.4) is 0 Å². The second-order valence-corrected chi connectivity index (χ2v) is 5.27. The van der Waals surface area contributed by atoms with E-state index >= 15 is 0 Å². The summed E-state index contributed by atoms with van der Waals surface area (Å²) in [7, 11) is 3.84. The molecule has 0 spiro atoms. The maximum absolute atomic E-state index is 12.1. The predicted octanol–water partition coefficient (Wildman–Crippen LogP) is 2.36. The van der Waals surface area contributed by atoms with Gasteiger partial charge in [0.1, 0.15) is 0 Å². The van der Waals surface area contributed by atoms with Gasteiger partial charge in [-0.25, -0.2) is 0 Å². The van der Waals surface area contributed by atoms with E-state index in [0.29, 0.717) is 12.3 Å². The smallest absolute Gasteiger partial charge is 0.227 e. The van der Waals surface area contributed by atoms with Gasteiger partial charge in [-0.05, 0) is 50.9 Å². The molecule has 1 amide bonds. The number of benzene rings is 1. The first-order valence-electron chi connectivity index (χ1n) is 6.57. The number of nitrogens with zero attached hydrogens (tertiary/aromatic N) is 1. The molecule has 0 bridgehead atoms. The van der Waals surface area contributed by atoms with Crippen LogP contribution in [0.4, 0.5) is 5.69 Å². The fourth-order valence-electron chi connectivity index (χ4n) is 2.92. The van der Waals surface area contributed by atoms with Crippen LogP contribution in [0.5, 0.6) is 0 Å². The normalized spacial score (nSPS) is 19.0. The molecule has 0 fully saturated rings. The Labute approximate surface area is 109 Å². The molecule has 1 aromatic rings. The molecule has 1 unspecified atom stereocenters. The quantitative estimate of drug-likeness (QED) is 0.888. The Morgan fingerprint density at radius 3 is 2.78 bits per heavy atom. The van der Waals surface area contributed by atoms with Gasteiger partial charge in [0.2, 0.25) is 5.91 Å². The predicted molar refractivity (Wildman–Crippen MR) is 75.2 cm³/mol. The van der Waals surface area contributed by atoms with Crippen LogP contribution in [0.1, 0.15) is 35.4 Å². The van der Waals surface area contributed by atoms with Crippen molar-refractivity contribution in [1.29, 1.82) is 0 Å². The molecule has 1 atom stereocenters. The van der Waals surface area contributed by atoms with Crippen molar-refractivity contribution in [2.24, 2.45) is 0 Å². The lowest BCUT2D eigenvalue weighted by Crippen LogP contribution is -2.34. The minimum Gasteiger partial charge on any atom is -0.320 e. The van der Waals surface area contributed by atoms with E-state index in [9.17, 15) is 4.79 Å². The van der Waals surface area contributed by atoms with Crippen molar-refractivity contribution in [2.75, 3.05) is 25.5 Å². The maximum Gasteiger partial charge on any atom is 0.227 e. The standard InChI is InChI=1S/C15H22N2O/c1-10-7-11(2)15-13(8-10)12(5-6-16-3)9-14(18)17(15)4/h7-8,12,16H,5-6,9H2,1-4H3. The number of hydrogen-bond donors (Lipinski definition) is 1. The SMILES string of the molecule is CNCCC1CC(=O)N(C)c2c(C)cc(C)cc21. The first kappa shape index (κ1) is 13.1. The molecule has 3 heteroatoms. The topological polar surface area (TPSA) is 32.3 Å². The van der Waals surface area contributed by atoms with Gasteiger partial charge in [-0.2, -0.15) is 0 Å². The summed E-state index contributed by atoms with van der Waals surface area (Å²) in [4.78, 5) is 13.9. The van der Waals surface area contributed by atoms with Crippen LogP contribution in [0.2, 0.25) is 0 Å². The van der Waals surface area contributed by atoms with Gasteiger partial charge < -0.3 is 10.2 Å². The van der Waals surface area contributed by atoms with E-state index in [4.69, 9.17) is 0 Å². The number of carbonyl (C=O) groups excluding carboxylic acids is 1. The molecule has 98 valence electrons. The van der Waals surface area contributed by atoms with E-state index in [-0.39, 0.29) is 5.91 Å². The summed E-state index contributed by atoms with van der Waals surface area (Å²) >= 11 is 0. The number of aryl methyl sites for hydroxylation is 2. The molecule has 0 aromatic heterocycles. The van der Waals surface area contributed by atoms with E-state index < -0.39 is 0 Å². The van der Waals surface area contributed by atoms with E-state index in [0.717, 1.165) is 18.7 Å². The van der Waals surface area contributed by atoms with Crippen molar-refractivity contribution in [3.05, 3.63) is 28.8 Å². The van der Waals surface area contributed by atoms with Crippen LogP contribution in [0.15, 0.2) is 12.1 Å². The van der Waals surface area contributed by atoms with Gasteiger partial charge in [0, 0.05) is 19.2 Å². The number of carbonyl (C=O) groups is 1. The Morgan fingerprint density at radius 1 is 1.39 bits per heavy atom. The third-order valence-corrected chi connectivity index (χ3v) is 3.79. The van der Waals surface area contributed by atoms with Gasteiger partial charge in [-0.1, -0.05) is 17.7 Å². The average Bonchev–Trinajstić information content (AvgIpc) is 2.31. The first-order chi connectivity index (χ1) is 8.54. The number of hydrogen-bond acceptors (Lipinski definition) is 2. The third kappa shape index (κ3) is 2.27. The zero-order chi connectivity index (χ0) is 13.3. The molecular formula is C15H22N2O. The summed E-state index contributed by atoms with van der Waals surface area (Å²) in [5.41, 5.74) is 4.95. The van der Waals surface area contributed by atoms with Crippen molar-refractivity contribution >= 4 is 11.6 Å². The number of amides is 1. The highest BCUT2D eigenvalue weighted by Gasteiger charge is 2.30. The molecule has 1 heterocycles. The van der Waals surface area contributed by atoms with Crippen molar-refractivity contribution in [3.63, 3.8) is 0 Å². The minimum absolute atomic E-state index is 0.232. The Bertz CT molecular complexity index is 468. The van der Waals surface area contributed by atoms with Gasteiger partial charge in [0.25, 0.3) is 0 Å². The highest BCUT2D eigenvalue weighted by molar-refractivity contribution is 5.97. The summed E-state index contributed by atoms with van der Waals surface area (Å²) in [5, 5.41) is 3.18. The fraction of sp³-hybridized carbons (Fsp3) is 0.533. The molecular weight excluding hydrogens is 224 g/mol. The van der Waals surface area contributed by atoms with Gasteiger partial charge in [0.15, 0.2) is 0 Å². The van der Waals surface area contributed by atoms with Crippen molar-refractivity contribution in [1.82, 2.24) is 5.32 Å².